The van der Waals surface area contributed by atoms with E-state index in [9.17, 15) is 13.9 Å². The van der Waals surface area contributed by atoms with Gasteiger partial charge < -0.3 is 15.2 Å². The highest BCUT2D eigenvalue weighted by molar-refractivity contribution is 6.32. The maximum absolute atomic E-state index is 13.4. The first-order valence-corrected chi connectivity index (χ1v) is 11.7. The summed E-state index contributed by atoms with van der Waals surface area (Å²) in [5.41, 5.74) is 1.30. The summed E-state index contributed by atoms with van der Waals surface area (Å²) < 4.78 is 33.4. The van der Waals surface area contributed by atoms with Gasteiger partial charge in [-0.1, -0.05) is 11.6 Å². The Morgan fingerprint density at radius 3 is 2.71 bits per heavy atom. The van der Waals surface area contributed by atoms with Gasteiger partial charge in [0, 0.05) is 23.7 Å². The highest BCUT2D eigenvalue weighted by Crippen LogP contribution is 2.38. The molecule has 2 atom stereocenters. The highest BCUT2D eigenvalue weighted by atomic mass is 35.5. The Kier molecular flexibility index (Phi) is 6.18. The van der Waals surface area contributed by atoms with Crippen molar-refractivity contribution in [3.8, 4) is 0 Å². The number of nitrogens with zero attached hydrogens (tertiary/aromatic N) is 5. The number of fused-ring (bicyclic) bond motifs is 1. The molecule has 1 aromatic carbocycles. The molecule has 0 spiro atoms. The van der Waals surface area contributed by atoms with Gasteiger partial charge in [-0.15, -0.1) is 0 Å². The minimum atomic E-state index is -2.68. The molecule has 0 bridgehead atoms. The summed E-state index contributed by atoms with van der Waals surface area (Å²) in [6.45, 7) is 4.64. The quantitative estimate of drug-likeness (QED) is 0.556. The standard InChI is InChI=1S/C23H27ClF2N6O2/c1-23(12-34-11-19(23)33)32-5-3-13(4-6-32)15-8-17-14(7-16(15)24)9-27-22(29-17)30-18-10-28-31(2)20(18)21(25)26/h7-10,13,19,21,33H,3-6,11-12H2,1-2H3,(H,27,29,30)/t19-,23+/m0/s1. The van der Waals surface area contributed by atoms with Gasteiger partial charge in [-0.05, 0) is 56.5 Å². The summed E-state index contributed by atoms with van der Waals surface area (Å²) in [4.78, 5) is 11.1. The van der Waals surface area contributed by atoms with Gasteiger partial charge in [-0.3, -0.25) is 9.58 Å². The van der Waals surface area contributed by atoms with Crippen molar-refractivity contribution >= 4 is 34.1 Å². The molecule has 8 nitrogen and oxygen atoms in total. The average Bonchev–Trinajstić information content (AvgIpc) is 3.35. The third-order valence-corrected chi connectivity index (χ3v) is 7.51. The van der Waals surface area contributed by atoms with Crippen molar-refractivity contribution in [3.63, 3.8) is 0 Å². The highest BCUT2D eigenvalue weighted by Gasteiger charge is 2.45. The minimum Gasteiger partial charge on any atom is -0.389 e. The van der Waals surface area contributed by atoms with E-state index in [1.54, 1.807) is 6.20 Å². The van der Waals surface area contributed by atoms with Crippen molar-refractivity contribution in [1.29, 1.82) is 0 Å². The average molecular weight is 493 g/mol. The van der Waals surface area contributed by atoms with Crippen LogP contribution in [0, 0.1) is 0 Å². The number of aromatic nitrogens is 4. The second-order valence-corrected chi connectivity index (χ2v) is 9.68. The molecule has 182 valence electrons. The second-order valence-electron chi connectivity index (χ2n) is 9.27. The van der Waals surface area contributed by atoms with Gasteiger partial charge in [-0.25, -0.2) is 18.7 Å². The number of rotatable bonds is 5. The lowest BCUT2D eigenvalue weighted by Crippen LogP contribution is -2.56. The van der Waals surface area contributed by atoms with Crippen LogP contribution in [0.3, 0.4) is 0 Å². The molecule has 2 aliphatic heterocycles. The molecule has 5 rings (SSSR count). The Bertz CT molecular complexity index is 1200. The van der Waals surface area contributed by atoms with Gasteiger partial charge >= 0.3 is 0 Å². The van der Waals surface area contributed by atoms with Crippen LogP contribution >= 0.6 is 11.6 Å². The van der Waals surface area contributed by atoms with Crippen molar-refractivity contribution in [2.24, 2.45) is 7.05 Å². The van der Waals surface area contributed by atoms with Crippen LogP contribution < -0.4 is 5.32 Å². The number of benzene rings is 1. The number of hydrogen-bond acceptors (Lipinski definition) is 7. The van der Waals surface area contributed by atoms with Gasteiger partial charge in [-0.2, -0.15) is 5.10 Å². The predicted molar refractivity (Wildman–Crippen MR) is 125 cm³/mol. The third kappa shape index (κ3) is 4.13. The Morgan fingerprint density at radius 2 is 2.03 bits per heavy atom. The number of aryl methyl sites for hydroxylation is 1. The molecule has 3 aromatic rings. The number of anilines is 2. The van der Waals surface area contributed by atoms with Gasteiger partial charge in [0.15, 0.2) is 0 Å². The number of aliphatic hydroxyl groups excluding tert-OH is 1. The van der Waals surface area contributed by atoms with E-state index in [2.05, 4.69) is 32.2 Å². The first kappa shape index (κ1) is 23.3. The zero-order chi connectivity index (χ0) is 24.0. The van der Waals surface area contributed by atoms with Crippen molar-refractivity contribution in [2.45, 2.75) is 43.8 Å². The van der Waals surface area contributed by atoms with Gasteiger partial charge in [0.1, 0.15) is 5.69 Å². The molecule has 2 aromatic heterocycles. The number of piperidine rings is 1. The zero-order valence-corrected chi connectivity index (χ0v) is 19.8. The number of hydrogen-bond donors (Lipinski definition) is 2. The number of alkyl halides is 2. The van der Waals surface area contributed by atoms with Crippen LogP contribution in [-0.4, -0.2) is 67.7 Å². The smallest absolute Gasteiger partial charge is 0.282 e. The van der Waals surface area contributed by atoms with Crippen LogP contribution in [-0.2, 0) is 11.8 Å². The number of nitrogens with one attached hydrogen (secondary N) is 1. The third-order valence-electron chi connectivity index (χ3n) is 7.18. The number of halogens is 3. The molecule has 34 heavy (non-hydrogen) atoms. The molecule has 2 saturated heterocycles. The summed E-state index contributed by atoms with van der Waals surface area (Å²) in [7, 11) is 1.47. The fraction of sp³-hybridized carbons (Fsp3) is 0.522. The van der Waals surface area contributed by atoms with Crippen LogP contribution in [0.2, 0.25) is 5.02 Å². The topological polar surface area (TPSA) is 88.3 Å². The van der Waals surface area contributed by atoms with Crippen LogP contribution in [0.5, 0.6) is 0 Å². The molecule has 11 heteroatoms. The molecule has 0 saturated carbocycles. The molecular formula is C23H27ClF2N6O2. The van der Waals surface area contributed by atoms with E-state index in [0.29, 0.717) is 23.8 Å². The summed E-state index contributed by atoms with van der Waals surface area (Å²) in [5, 5.41) is 18.6. The van der Waals surface area contributed by atoms with E-state index in [1.165, 1.54) is 13.2 Å². The van der Waals surface area contributed by atoms with Crippen LogP contribution in [0.1, 0.15) is 43.4 Å². The Balaban J connectivity index is 1.36. The fourth-order valence-corrected chi connectivity index (χ4v) is 5.35. The van der Waals surface area contributed by atoms with E-state index in [0.717, 1.165) is 41.6 Å². The molecule has 0 amide bonds. The van der Waals surface area contributed by atoms with Gasteiger partial charge in [0.2, 0.25) is 5.95 Å². The molecule has 0 aliphatic carbocycles. The van der Waals surface area contributed by atoms with E-state index in [4.69, 9.17) is 16.3 Å². The van der Waals surface area contributed by atoms with Gasteiger partial charge in [0.25, 0.3) is 6.43 Å². The van der Waals surface area contributed by atoms with Crippen molar-refractivity contribution < 1.29 is 18.6 Å². The lowest BCUT2D eigenvalue weighted by Gasteiger charge is -2.43. The Hall–Kier alpha value is -2.40. The van der Waals surface area contributed by atoms with Crippen LogP contribution in [0.25, 0.3) is 10.9 Å². The first-order chi connectivity index (χ1) is 16.3. The SMILES string of the molecule is Cn1ncc(Nc2ncc3cc(Cl)c(C4CCN([C@]5(C)COC[C@@H]5O)CC4)cc3n2)c1C(F)F. The van der Waals surface area contributed by atoms with E-state index >= 15 is 0 Å². The maximum Gasteiger partial charge on any atom is 0.282 e. The monoisotopic (exact) mass is 492 g/mol. The minimum absolute atomic E-state index is 0.171. The maximum atomic E-state index is 13.4. The number of likely N-dealkylation sites (tertiary alicyclic amines) is 1. The summed E-state index contributed by atoms with van der Waals surface area (Å²) >= 11 is 6.64. The molecule has 0 radical (unpaired) electrons. The van der Waals surface area contributed by atoms with Crippen molar-refractivity contribution in [2.75, 3.05) is 31.6 Å². The van der Waals surface area contributed by atoms with Crippen molar-refractivity contribution in [1.82, 2.24) is 24.6 Å². The molecule has 0 unspecified atom stereocenters. The summed E-state index contributed by atoms with van der Waals surface area (Å²) in [6.07, 6.45) is 1.60. The molecule has 2 N–H and O–H groups in total. The lowest BCUT2D eigenvalue weighted by molar-refractivity contribution is -0.00211. The fourth-order valence-electron chi connectivity index (χ4n) is 5.02. The number of aliphatic hydroxyl groups is 1. The van der Waals surface area contributed by atoms with E-state index in [-0.39, 0.29) is 28.8 Å². The Labute approximate surface area is 200 Å². The second kappa shape index (κ2) is 8.99. The molecule has 4 heterocycles. The lowest BCUT2D eigenvalue weighted by atomic mass is 9.85. The zero-order valence-electron chi connectivity index (χ0n) is 19.0. The molecular weight excluding hydrogens is 466 g/mol. The Morgan fingerprint density at radius 1 is 1.26 bits per heavy atom. The summed E-state index contributed by atoms with van der Waals surface area (Å²) in [5.74, 6) is 0.472. The largest absolute Gasteiger partial charge is 0.389 e. The predicted octanol–water partition coefficient (Wildman–Crippen LogP) is 4.03. The van der Waals surface area contributed by atoms with Crippen LogP contribution in [0.4, 0.5) is 20.4 Å². The van der Waals surface area contributed by atoms with E-state index in [1.807, 2.05) is 12.1 Å². The van der Waals surface area contributed by atoms with Crippen molar-refractivity contribution in [3.05, 3.63) is 40.8 Å². The normalized spacial score (nSPS) is 24.4. The number of ether oxygens (including phenoxy) is 1. The van der Waals surface area contributed by atoms with E-state index < -0.39 is 12.5 Å². The first-order valence-electron chi connectivity index (χ1n) is 11.3. The molecule has 2 fully saturated rings. The van der Waals surface area contributed by atoms with Gasteiger partial charge in [0.05, 0.1) is 42.3 Å². The molecule has 2 aliphatic rings. The van der Waals surface area contributed by atoms with Crippen LogP contribution in [0.15, 0.2) is 24.5 Å². The summed E-state index contributed by atoms with van der Waals surface area (Å²) in [6, 6.07) is 3.82.